The summed E-state index contributed by atoms with van der Waals surface area (Å²) in [6, 6.07) is 14.9. The number of nitrogen functional groups attached to an aromatic ring is 1. The van der Waals surface area contributed by atoms with Gasteiger partial charge in [-0.25, -0.2) is 14.6 Å². The molecule has 0 spiro atoms. The molecule has 1 saturated heterocycles. The van der Waals surface area contributed by atoms with Crippen molar-refractivity contribution in [2.24, 2.45) is 0 Å². The quantitative estimate of drug-likeness (QED) is 0.390. The van der Waals surface area contributed by atoms with Gasteiger partial charge in [-0.3, -0.25) is 9.59 Å². The first-order valence-electron chi connectivity index (χ1n) is 12.6. The zero-order valence-electron chi connectivity index (χ0n) is 21.4. The molecular weight excluding hydrogens is 478 g/mol. The van der Waals surface area contributed by atoms with E-state index in [1.165, 1.54) is 11.9 Å². The monoisotopic (exact) mass is 507 g/mol. The van der Waals surface area contributed by atoms with Crippen LogP contribution in [0.2, 0.25) is 0 Å². The van der Waals surface area contributed by atoms with E-state index in [0.29, 0.717) is 52.7 Å². The molecule has 192 valence electrons. The highest BCUT2D eigenvalue weighted by molar-refractivity contribution is 6.06. The molecule has 2 aromatic heterocycles. The van der Waals surface area contributed by atoms with E-state index in [4.69, 9.17) is 17.3 Å². The van der Waals surface area contributed by atoms with E-state index in [2.05, 4.69) is 35.1 Å². The molecule has 38 heavy (non-hydrogen) atoms. The van der Waals surface area contributed by atoms with Crippen LogP contribution in [0.15, 0.2) is 54.9 Å². The normalized spacial score (nSPS) is 15.4. The van der Waals surface area contributed by atoms with E-state index in [-0.39, 0.29) is 17.9 Å². The fraction of sp³-hybridized carbons (Fsp3) is 0.276. The van der Waals surface area contributed by atoms with E-state index < -0.39 is 0 Å². The summed E-state index contributed by atoms with van der Waals surface area (Å²) in [5.74, 6) is 2.34. The number of nitrogens with one attached hydrogen (secondary N) is 1. The number of anilines is 2. The lowest BCUT2D eigenvalue weighted by atomic mass is 10.0. The van der Waals surface area contributed by atoms with Gasteiger partial charge in [0, 0.05) is 29.9 Å². The number of benzene rings is 2. The molecule has 1 atom stereocenters. The number of hydrogen-bond acceptors (Lipinski definition) is 6. The fourth-order valence-corrected chi connectivity index (χ4v) is 4.84. The summed E-state index contributed by atoms with van der Waals surface area (Å²) in [4.78, 5) is 35.5. The lowest BCUT2D eigenvalue weighted by Crippen LogP contribution is -2.40. The minimum Gasteiger partial charge on any atom is -0.383 e. The summed E-state index contributed by atoms with van der Waals surface area (Å²) in [5, 5.41) is 8.46. The maximum atomic E-state index is 13.1. The number of fused-ring (bicyclic) bond motifs is 1. The molecule has 2 amide bonds. The molecule has 9 nitrogen and oxygen atoms in total. The summed E-state index contributed by atoms with van der Waals surface area (Å²) < 4.78 is 1.81. The first-order chi connectivity index (χ1) is 18.4. The van der Waals surface area contributed by atoms with Gasteiger partial charge in [0.2, 0.25) is 0 Å². The molecule has 5 rings (SSSR count). The lowest BCUT2D eigenvalue weighted by Gasteiger charge is -2.31. The largest absolute Gasteiger partial charge is 0.383 e. The summed E-state index contributed by atoms with van der Waals surface area (Å²) in [6.45, 7) is 5.30. The van der Waals surface area contributed by atoms with Gasteiger partial charge in [0.1, 0.15) is 17.8 Å². The van der Waals surface area contributed by atoms with Crippen molar-refractivity contribution in [3.63, 3.8) is 0 Å². The maximum absolute atomic E-state index is 13.1. The molecule has 1 aliphatic rings. The highest BCUT2D eigenvalue weighted by Gasteiger charge is 2.28. The molecule has 9 heteroatoms. The van der Waals surface area contributed by atoms with E-state index in [0.717, 1.165) is 18.5 Å². The number of amides is 2. The van der Waals surface area contributed by atoms with Crippen molar-refractivity contribution in [3.05, 3.63) is 66.0 Å². The number of hydrogen-bond donors (Lipinski definition) is 2. The second-order valence-corrected chi connectivity index (χ2v) is 9.75. The minimum atomic E-state index is -0.335. The van der Waals surface area contributed by atoms with E-state index in [9.17, 15) is 9.59 Å². The number of aromatic nitrogens is 4. The standard InChI is InChI=1S/C29H29N7O2/c1-4-24(37)35-14-6-9-23(16-35)36-28-25(27(30)31-17-32-28)26(34-36)20-7-5-8-21(15-20)29(38)33-22-12-10-19(11-13-22)18(2)3/h1,5,7-8,10-13,15,17-18,23H,6,9,14,16H2,2-3H3,(H,33,38)(H2,30,31,32)/t23-/m1/s1. The van der Waals surface area contributed by atoms with Crippen molar-refractivity contribution in [3.8, 4) is 23.6 Å². The molecule has 0 unspecified atom stereocenters. The molecule has 0 bridgehead atoms. The number of carbonyl (C=O) groups is 2. The smallest absolute Gasteiger partial charge is 0.298 e. The summed E-state index contributed by atoms with van der Waals surface area (Å²) in [7, 11) is 0. The Bertz CT molecular complexity index is 1550. The highest BCUT2D eigenvalue weighted by Crippen LogP contribution is 2.34. The third-order valence-corrected chi connectivity index (χ3v) is 6.90. The second-order valence-electron chi connectivity index (χ2n) is 9.75. The first-order valence-corrected chi connectivity index (χ1v) is 12.6. The SMILES string of the molecule is C#CC(=O)N1CCC[C@@H](n2nc(-c3cccc(C(=O)Nc4ccc(C(C)C)cc4)c3)c3c(N)ncnc32)C1. The number of nitrogens with zero attached hydrogens (tertiary/aromatic N) is 5. The van der Waals surface area contributed by atoms with E-state index in [1.807, 2.05) is 41.1 Å². The predicted octanol–water partition coefficient (Wildman–Crippen LogP) is 4.25. The van der Waals surface area contributed by atoms with Crippen LogP contribution >= 0.6 is 0 Å². The zero-order chi connectivity index (χ0) is 26.8. The number of carbonyl (C=O) groups excluding carboxylic acids is 2. The Morgan fingerprint density at radius 3 is 2.68 bits per heavy atom. The van der Waals surface area contributed by atoms with Gasteiger partial charge < -0.3 is 16.0 Å². The minimum absolute atomic E-state index is 0.119. The van der Waals surface area contributed by atoms with Crippen molar-refractivity contribution in [2.45, 2.75) is 38.6 Å². The molecule has 3 heterocycles. The third kappa shape index (κ3) is 4.81. The van der Waals surface area contributed by atoms with Crippen molar-refractivity contribution in [1.82, 2.24) is 24.6 Å². The Kier molecular flexibility index (Phi) is 6.79. The van der Waals surface area contributed by atoms with E-state index in [1.54, 1.807) is 17.0 Å². The Morgan fingerprint density at radius 1 is 1.16 bits per heavy atom. The molecule has 3 N–H and O–H groups in total. The Morgan fingerprint density at radius 2 is 1.95 bits per heavy atom. The van der Waals surface area contributed by atoms with Gasteiger partial charge in [0.25, 0.3) is 11.8 Å². The molecule has 0 aliphatic carbocycles. The van der Waals surface area contributed by atoms with Crippen LogP contribution in [-0.4, -0.2) is 49.6 Å². The molecule has 1 fully saturated rings. The molecule has 4 aromatic rings. The predicted molar refractivity (Wildman–Crippen MR) is 147 cm³/mol. The molecule has 0 saturated carbocycles. The average molecular weight is 508 g/mol. The second kappa shape index (κ2) is 10.3. The molecule has 1 aliphatic heterocycles. The summed E-state index contributed by atoms with van der Waals surface area (Å²) >= 11 is 0. The van der Waals surface area contributed by atoms with Gasteiger partial charge >= 0.3 is 0 Å². The van der Waals surface area contributed by atoms with Crippen molar-refractivity contribution in [2.75, 3.05) is 24.1 Å². The van der Waals surface area contributed by atoms with Gasteiger partial charge in [-0.15, -0.1) is 6.42 Å². The number of nitrogens with two attached hydrogens (primary N) is 1. The highest BCUT2D eigenvalue weighted by atomic mass is 16.2. The number of terminal acetylenes is 1. The van der Waals surface area contributed by atoms with Crippen LogP contribution in [0.5, 0.6) is 0 Å². The van der Waals surface area contributed by atoms with Crippen LogP contribution < -0.4 is 11.1 Å². The van der Waals surface area contributed by atoms with Crippen LogP contribution in [0.25, 0.3) is 22.3 Å². The average Bonchev–Trinajstić information content (AvgIpc) is 3.34. The molecular formula is C29H29N7O2. The van der Waals surface area contributed by atoms with Crippen LogP contribution in [0.4, 0.5) is 11.5 Å². The molecule has 0 radical (unpaired) electrons. The Balaban J connectivity index is 1.48. The van der Waals surface area contributed by atoms with E-state index >= 15 is 0 Å². The van der Waals surface area contributed by atoms with Crippen LogP contribution in [-0.2, 0) is 4.79 Å². The van der Waals surface area contributed by atoms with Crippen LogP contribution in [0, 0.1) is 12.3 Å². The van der Waals surface area contributed by atoms with Gasteiger partial charge in [0.05, 0.1) is 11.4 Å². The third-order valence-electron chi connectivity index (χ3n) is 6.90. The Hall–Kier alpha value is -4.71. The zero-order valence-corrected chi connectivity index (χ0v) is 21.4. The van der Waals surface area contributed by atoms with Crippen molar-refractivity contribution < 1.29 is 9.59 Å². The Labute approximate surface area is 221 Å². The molecule has 2 aromatic carbocycles. The van der Waals surface area contributed by atoms with Gasteiger partial charge in [-0.1, -0.05) is 38.1 Å². The van der Waals surface area contributed by atoms with Crippen LogP contribution in [0.3, 0.4) is 0 Å². The van der Waals surface area contributed by atoms with Crippen LogP contribution in [0.1, 0.15) is 54.6 Å². The maximum Gasteiger partial charge on any atom is 0.298 e. The van der Waals surface area contributed by atoms with Gasteiger partial charge in [0.15, 0.2) is 5.65 Å². The number of likely N-dealkylation sites (tertiary alicyclic amines) is 1. The number of piperidine rings is 1. The lowest BCUT2D eigenvalue weighted by molar-refractivity contribution is -0.126. The summed E-state index contributed by atoms with van der Waals surface area (Å²) in [6.07, 6.45) is 8.36. The first kappa shape index (κ1) is 25.0. The number of rotatable bonds is 5. The van der Waals surface area contributed by atoms with Crippen molar-refractivity contribution >= 4 is 34.4 Å². The topological polar surface area (TPSA) is 119 Å². The summed E-state index contributed by atoms with van der Waals surface area (Å²) in [5.41, 5.74) is 10.6. The van der Waals surface area contributed by atoms with Crippen molar-refractivity contribution in [1.29, 1.82) is 0 Å². The fourth-order valence-electron chi connectivity index (χ4n) is 4.84. The van der Waals surface area contributed by atoms with Gasteiger partial charge in [-0.2, -0.15) is 5.10 Å². The van der Waals surface area contributed by atoms with Gasteiger partial charge in [-0.05, 0) is 54.5 Å².